The van der Waals surface area contributed by atoms with Crippen LogP contribution in [0.3, 0.4) is 0 Å². The van der Waals surface area contributed by atoms with Crippen LogP contribution in [-0.2, 0) is 14.4 Å². The average Bonchev–Trinajstić information content (AvgIpc) is 2.76. The maximum absolute atomic E-state index is 12.7. The predicted molar refractivity (Wildman–Crippen MR) is 105 cm³/mol. The Balaban J connectivity index is 1.38. The quantitative estimate of drug-likeness (QED) is 0.497. The minimum atomic E-state index is -0.642. The van der Waals surface area contributed by atoms with Gasteiger partial charge in [-0.2, -0.15) is 0 Å². The highest BCUT2D eigenvalue weighted by molar-refractivity contribution is 5.85. The lowest BCUT2D eigenvalue weighted by Crippen LogP contribution is -3.16. The van der Waals surface area contributed by atoms with E-state index in [2.05, 4.69) is 10.6 Å². The first kappa shape index (κ1) is 20.9. The van der Waals surface area contributed by atoms with Crippen LogP contribution in [0.5, 0.6) is 11.5 Å². The van der Waals surface area contributed by atoms with Crippen LogP contribution in [0.4, 0.5) is 0 Å². The molecule has 2 aliphatic heterocycles. The van der Waals surface area contributed by atoms with Crippen LogP contribution in [0, 0.1) is 0 Å². The Labute approximate surface area is 170 Å². The summed E-state index contributed by atoms with van der Waals surface area (Å²) >= 11 is 0. The SMILES string of the molecule is CCCNC(=O)CNC(=O)C[NH+]1CCN(C(=O)[C@H]2COc3ccccc3O2)CC1. The van der Waals surface area contributed by atoms with Gasteiger partial charge >= 0.3 is 0 Å². The first-order valence-corrected chi connectivity index (χ1v) is 10.1. The highest BCUT2D eigenvalue weighted by atomic mass is 16.6. The number of piperazine rings is 1. The molecule has 3 rings (SSSR count). The number of carbonyl (C=O) groups excluding carboxylic acids is 3. The zero-order valence-corrected chi connectivity index (χ0v) is 16.7. The standard InChI is InChI=1S/C20H28N4O5/c1-2-7-21-18(25)12-22-19(26)13-23-8-10-24(11-9-23)20(27)17-14-28-15-5-3-4-6-16(15)29-17/h3-6,17H,2,7-14H2,1H3,(H,21,25)(H,22,26)/p+1/t17-/m1/s1. The van der Waals surface area contributed by atoms with Gasteiger partial charge in [-0.1, -0.05) is 19.1 Å². The van der Waals surface area contributed by atoms with Crippen molar-refractivity contribution in [3.63, 3.8) is 0 Å². The van der Waals surface area contributed by atoms with E-state index in [4.69, 9.17) is 9.47 Å². The minimum absolute atomic E-state index is 0.00276. The van der Waals surface area contributed by atoms with Crippen molar-refractivity contribution in [1.29, 1.82) is 0 Å². The van der Waals surface area contributed by atoms with E-state index in [0.29, 0.717) is 50.8 Å². The Bertz CT molecular complexity index is 733. The summed E-state index contributed by atoms with van der Waals surface area (Å²) in [6.45, 7) is 5.52. The van der Waals surface area contributed by atoms with Crippen LogP contribution >= 0.6 is 0 Å². The number of carbonyl (C=O) groups is 3. The molecule has 3 N–H and O–H groups in total. The lowest BCUT2D eigenvalue weighted by Gasteiger charge is -2.35. The molecule has 9 heteroatoms. The van der Waals surface area contributed by atoms with E-state index in [1.54, 1.807) is 11.0 Å². The van der Waals surface area contributed by atoms with Crippen molar-refractivity contribution in [1.82, 2.24) is 15.5 Å². The molecule has 3 amide bonds. The first-order valence-electron chi connectivity index (χ1n) is 10.1. The van der Waals surface area contributed by atoms with Gasteiger partial charge in [-0.05, 0) is 18.6 Å². The number of rotatable bonds is 7. The molecule has 0 aliphatic carbocycles. The molecule has 0 radical (unpaired) electrons. The Morgan fingerprint density at radius 1 is 1.10 bits per heavy atom. The summed E-state index contributed by atoms with van der Waals surface area (Å²) in [6.07, 6.45) is 0.216. The van der Waals surface area contributed by atoms with Gasteiger partial charge in [0.15, 0.2) is 18.0 Å². The Morgan fingerprint density at radius 3 is 2.55 bits per heavy atom. The molecule has 0 saturated carbocycles. The normalized spacial score (nSPS) is 18.8. The summed E-state index contributed by atoms with van der Waals surface area (Å²) < 4.78 is 11.4. The maximum atomic E-state index is 12.7. The molecular weight excluding hydrogens is 376 g/mol. The van der Waals surface area contributed by atoms with Crippen molar-refractivity contribution in [2.45, 2.75) is 19.4 Å². The fraction of sp³-hybridized carbons (Fsp3) is 0.550. The second-order valence-electron chi connectivity index (χ2n) is 7.24. The van der Waals surface area contributed by atoms with E-state index in [1.807, 2.05) is 25.1 Å². The minimum Gasteiger partial charge on any atom is -0.485 e. The Morgan fingerprint density at radius 2 is 1.83 bits per heavy atom. The summed E-state index contributed by atoms with van der Waals surface area (Å²) in [5, 5.41) is 5.37. The highest BCUT2D eigenvalue weighted by Gasteiger charge is 2.34. The van der Waals surface area contributed by atoms with Crippen molar-refractivity contribution in [2.75, 3.05) is 52.4 Å². The summed E-state index contributed by atoms with van der Waals surface area (Å²) in [5.41, 5.74) is 0. The lowest BCUT2D eigenvalue weighted by atomic mass is 10.2. The van der Waals surface area contributed by atoms with Gasteiger partial charge in [0.2, 0.25) is 12.0 Å². The molecule has 2 heterocycles. The second kappa shape index (κ2) is 10.1. The number of amides is 3. The summed E-state index contributed by atoms with van der Waals surface area (Å²) in [7, 11) is 0. The second-order valence-corrected chi connectivity index (χ2v) is 7.24. The van der Waals surface area contributed by atoms with Crippen LogP contribution in [0.2, 0.25) is 0 Å². The van der Waals surface area contributed by atoms with Gasteiger partial charge in [-0.25, -0.2) is 0 Å². The lowest BCUT2D eigenvalue weighted by molar-refractivity contribution is -0.896. The summed E-state index contributed by atoms with van der Waals surface area (Å²) in [4.78, 5) is 39.2. The number of quaternary nitrogens is 1. The largest absolute Gasteiger partial charge is 0.485 e. The van der Waals surface area contributed by atoms with Crippen LogP contribution in [0.1, 0.15) is 13.3 Å². The zero-order chi connectivity index (χ0) is 20.6. The Hall–Kier alpha value is -2.81. The van der Waals surface area contributed by atoms with Crippen molar-refractivity contribution in [3.8, 4) is 11.5 Å². The number of hydrogen-bond donors (Lipinski definition) is 3. The van der Waals surface area contributed by atoms with Crippen molar-refractivity contribution >= 4 is 17.7 Å². The van der Waals surface area contributed by atoms with E-state index in [1.165, 1.54) is 0 Å². The molecule has 0 spiro atoms. The van der Waals surface area contributed by atoms with Gasteiger partial charge in [0, 0.05) is 6.54 Å². The molecule has 1 aromatic rings. The molecule has 9 nitrogen and oxygen atoms in total. The van der Waals surface area contributed by atoms with Gasteiger partial charge < -0.3 is 29.9 Å². The third kappa shape index (κ3) is 5.83. The predicted octanol–water partition coefficient (Wildman–Crippen LogP) is -1.80. The molecule has 1 saturated heterocycles. The van der Waals surface area contributed by atoms with Crippen molar-refractivity contribution in [3.05, 3.63) is 24.3 Å². The average molecular weight is 405 g/mol. The summed E-state index contributed by atoms with van der Waals surface area (Å²) in [6, 6.07) is 7.31. The molecule has 0 bridgehead atoms. The van der Waals surface area contributed by atoms with Gasteiger partial charge in [0.05, 0.1) is 32.7 Å². The smallest absolute Gasteiger partial charge is 0.275 e. The van der Waals surface area contributed by atoms with Crippen molar-refractivity contribution in [2.24, 2.45) is 0 Å². The maximum Gasteiger partial charge on any atom is 0.275 e. The number of benzene rings is 1. The van der Waals surface area contributed by atoms with Crippen LogP contribution in [0.15, 0.2) is 24.3 Å². The summed E-state index contributed by atoms with van der Waals surface area (Å²) in [5.74, 6) is 0.811. The molecule has 2 aliphatic rings. The Kier molecular flexibility index (Phi) is 7.29. The van der Waals surface area contributed by atoms with Gasteiger partial charge in [-0.3, -0.25) is 14.4 Å². The van der Waals surface area contributed by atoms with Crippen LogP contribution < -0.4 is 25.0 Å². The monoisotopic (exact) mass is 405 g/mol. The first-order chi connectivity index (χ1) is 14.1. The molecule has 1 fully saturated rings. The van der Waals surface area contributed by atoms with Crippen LogP contribution in [0.25, 0.3) is 0 Å². The molecule has 1 aromatic carbocycles. The van der Waals surface area contributed by atoms with E-state index in [0.717, 1.165) is 11.3 Å². The molecule has 158 valence electrons. The molecule has 29 heavy (non-hydrogen) atoms. The number of nitrogens with zero attached hydrogens (tertiary/aromatic N) is 1. The third-order valence-corrected chi connectivity index (χ3v) is 5.00. The van der Waals surface area contributed by atoms with Gasteiger partial charge in [0.25, 0.3) is 11.8 Å². The fourth-order valence-corrected chi connectivity index (χ4v) is 3.36. The number of fused-ring (bicyclic) bond motifs is 1. The van der Waals surface area contributed by atoms with Gasteiger partial charge in [0.1, 0.15) is 6.61 Å². The number of hydrogen-bond acceptors (Lipinski definition) is 5. The topological polar surface area (TPSA) is 101 Å². The highest BCUT2D eigenvalue weighted by Crippen LogP contribution is 2.31. The van der Waals surface area contributed by atoms with Crippen molar-refractivity contribution < 1.29 is 28.8 Å². The molecule has 1 atom stereocenters. The third-order valence-electron chi connectivity index (χ3n) is 5.00. The zero-order valence-electron chi connectivity index (χ0n) is 16.7. The van der Waals surface area contributed by atoms with Crippen LogP contribution in [-0.4, -0.2) is 81.1 Å². The molecular formula is C20H29N4O5+. The molecule has 0 aromatic heterocycles. The van der Waals surface area contributed by atoms with E-state index < -0.39 is 6.10 Å². The number of nitrogens with one attached hydrogen (secondary N) is 3. The number of para-hydroxylation sites is 2. The fourth-order valence-electron chi connectivity index (χ4n) is 3.36. The van der Waals surface area contributed by atoms with E-state index >= 15 is 0 Å². The number of ether oxygens (including phenoxy) is 2. The molecule has 0 unspecified atom stereocenters. The van der Waals surface area contributed by atoms with Gasteiger partial charge in [-0.15, -0.1) is 0 Å². The van der Waals surface area contributed by atoms with E-state index in [9.17, 15) is 14.4 Å². The van der Waals surface area contributed by atoms with E-state index in [-0.39, 0.29) is 30.9 Å².